The number of hydrogen-bond acceptors (Lipinski definition) is 4. The van der Waals surface area contributed by atoms with E-state index < -0.39 is 10.0 Å². The molecule has 0 saturated heterocycles. The topological polar surface area (TPSA) is 68.1 Å². The van der Waals surface area contributed by atoms with Crippen LogP contribution < -0.4 is 0 Å². The van der Waals surface area contributed by atoms with Crippen LogP contribution >= 0.6 is 0 Å². The predicted octanol–water partition coefficient (Wildman–Crippen LogP) is 3.17. The molecule has 0 aliphatic heterocycles. The Kier molecular flexibility index (Phi) is 5.54. The van der Waals surface area contributed by atoms with Crippen LogP contribution in [0.15, 0.2) is 36.9 Å². The summed E-state index contributed by atoms with van der Waals surface area (Å²) in [6, 6.07) is 7.57. The van der Waals surface area contributed by atoms with Gasteiger partial charge in [0.2, 0.25) is 10.0 Å². The van der Waals surface area contributed by atoms with Crippen molar-refractivity contribution in [1.82, 2.24) is 19.1 Å². The summed E-state index contributed by atoms with van der Waals surface area (Å²) in [5.74, 6) is 0.577. The van der Waals surface area contributed by atoms with E-state index in [0.717, 1.165) is 36.9 Å². The van der Waals surface area contributed by atoms with Gasteiger partial charge in [0.15, 0.2) is 0 Å². The van der Waals surface area contributed by atoms with Gasteiger partial charge in [0, 0.05) is 13.1 Å². The predicted molar refractivity (Wildman–Crippen MR) is 97.9 cm³/mol. The van der Waals surface area contributed by atoms with Crippen molar-refractivity contribution in [1.29, 1.82) is 0 Å². The van der Waals surface area contributed by atoms with Gasteiger partial charge in [-0.1, -0.05) is 31.4 Å². The van der Waals surface area contributed by atoms with Crippen LogP contribution in [-0.2, 0) is 10.0 Å². The summed E-state index contributed by atoms with van der Waals surface area (Å²) in [6.45, 7) is 1.93. The molecule has 1 heterocycles. The van der Waals surface area contributed by atoms with Crippen LogP contribution in [0, 0.1) is 5.92 Å². The first-order valence-electron chi connectivity index (χ1n) is 8.88. The molecule has 0 spiro atoms. The molecule has 0 N–H and O–H groups in total. The van der Waals surface area contributed by atoms with Crippen molar-refractivity contribution in [3.05, 3.63) is 42.5 Å². The molecule has 0 bridgehead atoms. The number of aromatic nitrogens is 3. The molecule has 1 atom stereocenters. The molecule has 7 heteroatoms. The molecular weight excluding hydrogens is 336 g/mol. The molecule has 1 aliphatic carbocycles. The molecule has 3 rings (SSSR count). The Bertz CT molecular complexity index is 766. The molecule has 1 aromatic carbocycles. The van der Waals surface area contributed by atoms with Crippen LogP contribution in [0.1, 0.15) is 50.6 Å². The Balaban J connectivity index is 1.69. The third-order valence-electron chi connectivity index (χ3n) is 5.21. The van der Waals surface area contributed by atoms with E-state index in [4.69, 9.17) is 0 Å². The lowest BCUT2D eigenvalue weighted by atomic mass is 9.91. The van der Waals surface area contributed by atoms with Crippen molar-refractivity contribution in [2.75, 3.05) is 12.8 Å². The quantitative estimate of drug-likeness (QED) is 0.791. The average molecular weight is 362 g/mol. The maximum Gasteiger partial charge on any atom is 0.214 e. The molecule has 6 nitrogen and oxygen atoms in total. The first-order chi connectivity index (χ1) is 12.0. The molecule has 2 aromatic rings. The number of benzene rings is 1. The van der Waals surface area contributed by atoms with Gasteiger partial charge in [-0.05, 0) is 43.4 Å². The summed E-state index contributed by atoms with van der Waals surface area (Å²) >= 11 is 0. The van der Waals surface area contributed by atoms with Crippen molar-refractivity contribution in [3.63, 3.8) is 0 Å². The maximum atomic E-state index is 12.8. The molecule has 1 saturated carbocycles. The van der Waals surface area contributed by atoms with Gasteiger partial charge in [0.1, 0.15) is 12.7 Å². The van der Waals surface area contributed by atoms with E-state index in [9.17, 15) is 8.42 Å². The SMILES string of the molecule is CC(c1ccc(-n2cncn2)cc1)N(C)S(=O)(=O)CC1CCCCC1. The Labute approximate surface area is 149 Å². The van der Waals surface area contributed by atoms with Gasteiger partial charge in [-0.3, -0.25) is 0 Å². The standard InChI is InChI=1S/C18H26N4O2S/c1-15(17-8-10-18(11-9-17)22-14-19-13-20-22)21(2)25(23,24)12-16-6-4-3-5-7-16/h8-11,13-16H,3-7,12H2,1-2H3. The minimum Gasteiger partial charge on any atom is -0.223 e. The second-order valence-electron chi connectivity index (χ2n) is 6.91. The van der Waals surface area contributed by atoms with E-state index in [1.54, 1.807) is 18.1 Å². The monoisotopic (exact) mass is 362 g/mol. The summed E-state index contributed by atoms with van der Waals surface area (Å²) in [4.78, 5) is 3.94. The van der Waals surface area contributed by atoms with Gasteiger partial charge in [-0.15, -0.1) is 0 Å². The summed E-state index contributed by atoms with van der Waals surface area (Å²) in [5, 5.41) is 4.10. The van der Waals surface area contributed by atoms with E-state index in [1.165, 1.54) is 17.1 Å². The normalized spacial score (nSPS) is 17.7. The minimum absolute atomic E-state index is 0.196. The zero-order valence-electron chi connectivity index (χ0n) is 14.9. The van der Waals surface area contributed by atoms with Gasteiger partial charge >= 0.3 is 0 Å². The Morgan fingerprint density at radius 1 is 1.20 bits per heavy atom. The van der Waals surface area contributed by atoms with Crippen LogP contribution in [0.2, 0.25) is 0 Å². The number of hydrogen-bond donors (Lipinski definition) is 0. The Hall–Kier alpha value is -1.73. The molecule has 1 aromatic heterocycles. The van der Waals surface area contributed by atoms with Crippen molar-refractivity contribution >= 4 is 10.0 Å². The van der Waals surface area contributed by atoms with Gasteiger partial charge in [-0.2, -0.15) is 9.40 Å². The summed E-state index contributed by atoms with van der Waals surface area (Å²) in [6.07, 6.45) is 8.75. The van der Waals surface area contributed by atoms with Gasteiger partial charge in [0.25, 0.3) is 0 Å². The lowest BCUT2D eigenvalue weighted by Crippen LogP contribution is -2.34. The molecular formula is C18H26N4O2S. The van der Waals surface area contributed by atoms with Crippen molar-refractivity contribution in [2.45, 2.75) is 45.1 Å². The lowest BCUT2D eigenvalue weighted by Gasteiger charge is -2.28. The minimum atomic E-state index is -3.25. The molecule has 0 radical (unpaired) electrons. The van der Waals surface area contributed by atoms with Crippen LogP contribution in [0.3, 0.4) is 0 Å². The molecule has 25 heavy (non-hydrogen) atoms. The van der Waals surface area contributed by atoms with Crippen LogP contribution in [0.4, 0.5) is 0 Å². The largest absolute Gasteiger partial charge is 0.223 e. The first kappa shape index (κ1) is 18.1. The summed E-state index contributed by atoms with van der Waals surface area (Å²) in [7, 11) is -1.57. The average Bonchev–Trinajstić information content (AvgIpc) is 3.16. The van der Waals surface area contributed by atoms with Crippen LogP contribution in [0.5, 0.6) is 0 Å². The van der Waals surface area contributed by atoms with Crippen LogP contribution in [-0.4, -0.2) is 40.3 Å². The fraction of sp³-hybridized carbons (Fsp3) is 0.556. The van der Waals surface area contributed by atoms with Crippen molar-refractivity contribution < 1.29 is 8.42 Å². The van der Waals surface area contributed by atoms with E-state index in [-0.39, 0.29) is 11.8 Å². The number of sulfonamides is 1. The summed E-state index contributed by atoms with van der Waals surface area (Å²) in [5.41, 5.74) is 1.87. The smallest absolute Gasteiger partial charge is 0.214 e. The highest BCUT2D eigenvalue weighted by Gasteiger charge is 2.28. The summed E-state index contributed by atoms with van der Waals surface area (Å²) < 4.78 is 28.7. The highest BCUT2D eigenvalue weighted by atomic mass is 32.2. The lowest BCUT2D eigenvalue weighted by molar-refractivity contribution is 0.360. The van der Waals surface area contributed by atoms with E-state index in [0.29, 0.717) is 5.92 Å². The molecule has 1 unspecified atom stereocenters. The fourth-order valence-corrected chi connectivity index (χ4v) is 5.23. The molecule has 1 aliphatic rings. The second-order valence-corrected chi connectivity index (χ2v) is 8.98. The van der Waals surface area contributed by atoms with E-state index in [2.05, 4.69) is 10.1 Å². The first-order valence-corrected chi connectivity index (χ1v) is 10.5. The Morgan fingerprint density at radius 3 is 2.48 bits per heavy atom. The maximum absolute atomic E-state index is 12.8. The van der Waals surface area contributed by atoms with Crippen molar-refractivity contribution in [3.8, 4) is 5.69 Å². The zero-order chi connectivity index (χ0) is 17.9. The second kappa shape index (κ2) is 7.66. The highest BCUT2D eigenvalue weighted by molar-refractivity contribution is 7.89. The number of rotatable bonds is 6. The van der Waals surface area contributed by atoms with Crippen LogP contribution in [0.25, 0.3) is 5.69 Å². The van der Waals surface area contributed by atoms with E-state index >= 15 is 0 Å². The van der Waals surface area contributed by atoms with Gasteiger partial charge in [-0.25, -0.2) is 18.1 Å². The fourth-order valence-electron chi connectivity index (χ4n) is 3.47. The van der Waals surface area contributed by atoms with Gasteiger partial charge in [0.05, 0.1) is 11.4 Å². The molecule has 136 valence electrons. The Morgan fingerprint density at radius 2 is 1.88 bits per heavy atom. The molecule has 1 fully saturated rings. The number of nitrogens with zero attached hydrogens (tertiary/aromatic N) is 4. The van der Waals surface area contributed by atoms with Crippen molar-refractivity contribution in [2.24, 2.45) is 5.92 Å². The zero-order valence-corrected chi connectivity index (χ0v) is 15.7. The molecule has 0 amide bonds. The highest BCUT2D eigenvalue weighted by Crippen LogP contribution is 2.28. The van der Waals surface area contributed by atoms with E-state index in [1.807, 2.05) is 31.2 Å². The third-order valence-corrected chi connectivity index (χ3v) is 7.30. The van der Waals surface area contributed by atoms with Gasteiger partial charge < -0.3 is 0 Å². The third kappa shape index (κ3) is 4.27.